The van der Waals surface area contributed by atoms with E-state index in [2.05, 4.69) is 20.2 Å². The lowest BCUT2D eigenvalue weighted by atomic mass is 10.2. The Hall–Kier alpha value is -2.57. The number of para-hydroxylation sites is 2. The van der Waals surface area contributed by atoms with E-state index in [1.165, 1.54) is 11.8 Å². The van der Waals surface area contributed by atoms with Crippen molar-refractivity contribution < 1.29 is 22.7 Å². The molecule has 0 bridgehead atoms. The van der Waals surface area contributed by atoms with Gasteiger partial charge in [-0.1, -0.05) is 23.5 Å². The number of hydrogen-bond donors (Lipinski definition) is 2. The number of amides is 2. The minimum absolute atomic E-state index is 0.0662. The van der Waals surface area contributed by atoms with Crippen LogP contribution in [-0.4, -0.2) is 50.1 Å². The maximum absolute atomic E-state index is 12.4. The number of benzene rings is 1. The summed E-state index contributed by atoms with van der Waals surface area (Å²) >= 11 is 0.704. The molecule has 26 heavy (non-hydrogen) atoms. The number of anilines is 2. The van der Waals surface area contributed by atoms with Crippen molar-refractivity contribution in [2.45, 2.75) is 17.4 Å². The van der Waals surface area contributed by atoms with Gasteiger partial charge in [-0.15, -0.1) is 10.2 Å². The molecule has 3 rings (SSSR count). The summed E-state index contributed by atoms with van der Waals surface area (Å²) in [6, 6.07) is 6.97. The molecule has 2 N–H and O–H groups in total. The molecule has 2 amide bonds. The first-order chi connectivity index (χ1) is 12.3. The van der Waals surface area contributed by atoms with Crippen LogP contribution in [0.25, 0.3) is 0 Å². The number of nitrogens with one attached hydrogen (secondary N) is 2. The predicted octanol–water partition coefficient (Wildman–Crippen LogP) is 0.199. The van der Waals surface area contributed by atoms with Crippen molar-refractivity contribution in [1.29, 1.82) is 0 Å². The lowest BCUT2D eigenvalue weighted by Crippen LogP contribution is -2.49. The molecule has 1 unspecified atom stereocenters. The Labute approximate surface area is 153 Å². The van der Waals surface area contributed by atoms with Crippen LogP contribution in [0.5, 0.6) is 5.75 Å². The van der Waals surface area contributed by atoms with Crippen LogP contribution in [0.2, 0.25) is 0 Å². The van der Waals surface area contributed by atoms with Crippen molar-refractivity contribution in [1.82, 2.24) is 14.9 Å². The molecule has 0 saturated heterocycles. The lowest BCUT2D eigenvalue weighted by molar-refractivity contribution is -0.125. The quantitative estimate of drug-likeness (QED) is 0.689. The summed E-state index contributed by atoms with van der Waals surface area (Å²) in [4.78, 5) is 24.8. The zero-order valence-electron chi connectivity index (χ0n) is 13.8. The minimum atomic E-state index is -4.00. The second-order valence-corrected chi connectivity index (χ2v) is 8.30. The maximum Gasteiger partial charge on any atom is 0.270 e. The molecule has 12 heteroatoms. The van der Waals surface area contributed by atoms with E-state index >= 15 is 0 Å². The third kappa shape index (κ3) is 3.66. The smallest absolute Gasteiger partial charge is 0.270 e. The zero-order chi connectivity index (χ0) is 18.9. The molecule has 1 aromatic carbocycles. The van der Waals surface area contributed by atoms with E-state index in [4.69, 9.17) is 4.74 Å². The first-order valence-corrected chi connectivity index (χ1v) is 9.72. The number of likely N-dealkylation sites (N-methyl/N-ethyl adjacent to an activating group) is 1. The van der Waals surface area contributed by atoms with Crippen LogP contribution in [0.15, 0.2) is 28.6 Å². The Balaban J connectivity index is 1.71. The largest absolute Gasteiger partial charge is 0.477 e. The highest BCUT2D eigenvalue weighted by Crippen LogP contribution is 2.32. The van der Waals surface area contributed by atoms with E-state index in [1.54, 1.807) is 31.3 Å². The van der Waals surface area contributed by atoms with Crippen molar-refractivity contribution in [2.75, 3.05) is 23.8 Å². The topological polar surface area (TPSA) is 131 Å². The number of ether oxygens (including phenoxy) is 1. The number of carbonyl (C=O) groups is 2. The average molecular weight is 397 g/mol. The highest BCUT2D eigenvalue weighted by atomic mass is 32.2. The molecule has 138 valence electrons. The van der Waals surface area contributed by atoms with Gasteiger partial charge in [0, 0.05) is 14.0 Å². The highest BCUT2D eigenvalue weighted by molar-refractivity contribution is 7.91. The number of hydrogen-bond acceptors (Lipinski definition) is 8. The highest BCUT2D eigenvalue weighted by Gasteiger charge is 2.33. The van der Waals surface area contributed by atoms with E-state index in [1.807, 2.05) is 0 Å². The molecular weight excluding hydrogens is 382 g/mol. The molecule has 0 radical (unpaired) electrons. The molecule has 0 aliphatic carbocycles. The number of sulfonamides is 1. The molecule has 0 saturated carbocycles. The van der Waals surface area contributed by atoms with Gasteiger partial charge in [-0.2, -0.15) is 0 Å². The van der Waals surface area contributed by atoms with Gasteiger partial charge in [0.2, 0.25) is 15.4 Å². The monoisotopic (exact) mass is 397 g/mol. The van der Waals surface area contributed by atoms with Gasteiger partial charge in [-0.25, -0.2) is 13.1 Å². The fourth-order valence-corrected chi connectivity index (χ4v) is 4.29. The first-order valence-electron chi connectivity index (χ1n) is 7.42. The Morgan fingerprint density at radius 3 is 2.81 bits per heavy atom. The fourth-order valence-electron chi connectivity index (χ4n) is 2.27. The van der Waals surface area contributed by atoms with Gasteiger partial charge < -0.3 is 15.0 Å². The number of carbonyl (C=O) groups excluding carboxylic acids is 2. The van der Waals surface area contributed by atoms with Gasteiger partial charge in [-0.05, 0) is 12.1 Å². The van der Waals surface area contributed by atoms with Crippen molar-refractivity contribution >= 4 is 44.0 Å². The van der Waals surface area contributed by atoms with E-state index < -0.39 is 16.1 Å². The molecule has 2 heterocycles. The van der Waals surface area contributed by atoms with Crippen molar-refractivity contribution in [3.05, 3.63) is 24.3 Å². The van der Waals surface area contributed by atoms with Crippen LogP contribution in [0, 0.1) is 0 Å². The Morgan fingerprint density at radius 2 is 2.08 bits per heavy atom. The van der Waals surface area contributed by atoms with Crippen LogP contribution < -0.4 is 19.7 Å². The Kier molecular flexibility index (Phi) is 4.89. The fraction of sp³-hybridized carbons (Fsp3) is 0.286. The van der Waals surface area contributed by atoms with E-state index in [0.29, 0.717) is 22.8 Å². The summed E-state index contributed by atoms with van der Waals surface area (Å²) in [5.74, 6) is -0.272. The molecule has 1 aromatic heterocycles. The molecule has 1 atom stereocenters. The van der Waals surface area contributed by atoms with Crippen molar-refractivity contribution in [3.8, 4) is 5.75 Å². The summed E-state index contributed by atoms with van der Waals surface area (Å²) in [6.07, 6.45) is -1.01. The standard InChI is InChI=1S/C14H15N5O5S2/c1-8(20)16-13-17-18-14(25-13)26(22,23)15-7-11-12(21)19(2)9-5-3-4-6-10(9)24-11/h3-6,11,15H,7H2,1-2H3,(H,16,17,20). The molecular formula is C14H15N5O5S2. The Bertz CT molecular complexity index is 958. The van der Waals surface area contributed by atoms with Gasteiger partial charge in [0.25, 0.3) is 15.9 Å². The summed E-state index contributed by atoms with van der Waals surface area (Å²) in [6.45, 7) is 1.00. The normalized spacial score (nSPS) is 16.8. The van der Waals surface area contributed by atoms with Gasteiger partial charge >= 0.3 is 0 Å². The summed E-state index contributed by atoms with van der Waals surface area (Å²) in [7, 11) is -2.41. The SMILES string of the molecule is CC(=O)Nc1nnc(S(=O)(=O)NCC2Oc3ccccc3N(C)C2=O)s1. The minimum Gasteiger partial charge on any atom is -0.477 e. The van der Waals surface area contributed by atoms with Crippen LogP contribution in [-0.2, 0) is 19.6 Å². The molecule has 1 aliphatic rings. The second-order valence-electron chi connectivity index (χ2n) is 5.38. The van der Waals surface area contributed by atoms with E-state index in [9.17, 15) is 18.0 Å². The lowest BCUT2D eigenvalue weighted by Gasteiger charge is -2.31. The molecule has 0 fully saturated rings. The third-order valence-electron chi connectivity index (χ3n) is 3.48. The first kappa shape index (κ1) is 18.2. The van der Waals surface area contributed by atoms with Crippen molar-refractivity contribution in [2.24, 2.45) is 0 Å². The van der Waals surface area contributed by atoms with Crippen LogP contribution in [0.1, 0.15) is 6.92 Å². The predicted molar refractivity (Wildman–Crippen MR) is 93.7 cm³/mol. The molecule has 1 aliphatic heterocycles. The average Bonchev–Trinajstić information content (AvgIpc) is 3.05. The van der Waals surface area contributed by atoms with Crippen LogP contribution in [0.3, 0.4) is 0 Å². The van der Waals surface area contributed by atoms with Gasteiger partial charge in [0.1, 0.15) is 5.75 Å². The summed E-state index contributed by atoms with van der Waals surface area (Å²) in [5, 5.41) is 9.55. The summed E-state index contributed by atoms with van der Waals surface area (Å²) in [5.41, 5.74) is 0.612. The number of fused-ring (bicyclic) bond motifs is 1. The van der Waals surface area contributed by atoms with Gasteiger partial charge in [0.05, 0.1) is 12.2 Å². The second kappa shape index (κ2) is 6.97. The molecule has 2 aromatic rings. The van der Waals surface area contributed by atoms with Gasteiger partial charge in [-0.3, -0.25) is 9.59 Å². The van der Waals surface area contributed by atoms with E-state index in [0.717, 1.165) is 0 Å². The van der Waals surface area contributed by atoms with Crippen molar-refractivity contribution in [3.63, 3.8) is 0 Å². The van der Waals surface area contributed by atoms with Crippen LogP contribution in [0.4, 0.5) is 10.8 Å². The van der Waals surface area contributed by atoms with Gasteiger partial charge in [0.15, 0.2) is 6.10 Å². The zero-order valence-corrected chi connectivity index (χ0v) is 15.4. The third-order valence-corrected chi connectivity index (χ3v) is 6.11. The maximum atomic E-state index is 12.4. The Morgan fingerprint density at radius 1 is 1.35 bits per heavy atom. The molecule has 0 spiro atoms. The number of aromatic nitrogens is 2. The number of nitrogens with zero attached hydrogens (tertiary/aromatic N) is 3. The molecule has 10 nitrogen and oxygen atoms in total. The van der Waals surface area contributed by atoms with Crippen LogP contribution >= 0.6 is 11.3 Å². The summed E-state index contributed by atoms with van der Waals surface area (Å²) < 4.78 is 32.2. The van der Waals surface area contributed by atoms with E-state index in [-0.39, 0.29) is 27.8 Å². The number of rotatable bonds is 5.